The van der Waals surface area contributed by atoms with Crippen molar-refractivity contribution in [3.8, 4) is 0 Å². The Kier molecular flexibility index (Phi) is 5.74. The topological polar surface area (TPSA) is 12.4 Å². The van der Waals surface area contributed by atoms with E-state index in [1.165, 1.54) is 0 Å². The van der Waals surface area contributed by atoms with Crippen LogP contribution in [0.25, 0.3) is 0 Å². The Labute approximate surface area is 63.2 Å². The lowest BCUT2D eigenvalue weighted by Crippen LogP contribution is -1.76. The smallest absolute Gasteiger partial charge is 0.0360 e. The van der Waals surface area contributed by atoms with Crippen LogP contribution in [0.2, 0.25) is 0 Å². The van der Waals surface area contributed by atoms with Crippen molar-refractivity contribution in [2.75, 3.05) is 0 Å². The molecule has 0 unspecified atom stereocenters. The molecule has 56 valence electrons. The van der Waals surface area contributed by atoms with Crippen molar-refractivity contribution < 1.29 is 0 Å². The maximum atomic E-state index is 4.17. The molecule has 0 bridgehead atoms. The zero-order valence-electron chi connectivity index (χ0n) is 6.80. The minimum atomic E-state index is 1.06. The molecule has 0 aromatic carbocycles. The molecule has 0 radical (unpaired) electrons. The van der Waals surface area contributed by atoms with Gasteiger partial charge in [0.05, 0.1) is 0 Å². The Morgan fingerprint density at radius 3 is 2.70 bits per heavy atom. The second-order valence-electron chi connectivity index (χ2n) is 2.04. The zero-order chi connectivity index (χ0) is 7.82. The van der Waals surface area contributed by atoms with E-state index in [1.54, 1.807) is 12.3 Å². The van der Waals surface area contributed by atoms with Crippen molar-refractivity contribution in [3.63, 3.8) is 0 Å². The average molecular weight is 137 g/mol. The van der Waals surface area contributed by atoms with Crippen molar-refractivity contribution in [2.45, 2.75) is 26.7 Å². The number of hydrogen-bond donors (Lipinski definition) is 0. The second-order valence-corrected chi connectivity index (χ2v) is 2.04. The highest BCUT2D eigenvalue weighted by atomic mass is 14.7. The fraction of sp³-hybridized carbons (Fsp3) is 0.444. The third-order valence-electron chi connectivity index (χ3n) is 1.19. The van der Waals surface area contributed by atoms with Crippen LogP contribution in [-0.2, 0) is 0 Å². The molecule has 0 aliphatic rings. The zero-order valence-corrected chi connectivity index (χ0v) is 6.80. The van der Waals surface area contributed by atoms with E-state index < -0.39 is 0 Å². The average Bonchev–Trinajstić information content (AvgIpc) is 1.98. The summed E-state index contributed by atoms with van der Waals surface area (Å²) in [5.74, 6) is 0. The van der Waals surface area contributed by atoms with Gasteiger partial charge >= 0.3 is 0 Å². The summed E-state index contributed by atoms with van der Waals surface area (Å²) in [6.07, 6.45) is 7.66. The largest absolute Gasteiger partial charge is 0.262 e. The number of aliphatic imine (C=N–C) groups is 1. The maximum Gasteiger partial charge on any atom is 0.0360 e. The van der Waals surface area contributed by atoms with Crippen LogP contribution in [0.4, 0.5) is 0 Å². The molecule has 0 spiro atoms. The number of allylic oxidation sites excluding steroid dienone is 3. The molecule has 1 nitrogen and oxygen atoms in total. The predicted octanol–water partition coefficient (Wildman–Crippen LogP) is 2.95. The Morgan fingerprint density at radius 2 is 2.30 bits per heavy atom. The van der Waals surface area contributed by atoms with Crippen LogP contribution < -0.4 is 0 Å². The summed E-state index contributed by atoms with van der Waals surface area (Å²) in [6.45, 7) is 7.70. The van der Waals surface area contributed by atoms with Gasteiger partial charge < -0.3 is 0 Å². The van der Waals surface area contributed by atoms with E-state index >= 15 is 0 Å². The first-order valence-electron chi connectivity index (χ1n) is 3.65. The molecule has 0 atom stereocenters. The van der Waals surface area contributed by atoms with E-state index in [4.69, 9.17) is 0 Å². The van der Waals surface area contributed by atoms with E-state index in [2.05, 4.69) is 18.5 Å². The van der Waals surface area contributed by atoms with E-state index in [-0.39, 0.29) is 0 Å². The number of nitrogens with zero attached hydrogens (tertiary/aromatic N) is 1. The lowest BCUT2D eigenvalue weighted by molar-refractivity contribution is 0.892. The Morgan fingerprint density at radius 1 is 1.60 bits per heavy atom. The van der Waals surface area contributed by atoms with Crippen molar-refractivity contribution >= 4 is 6.21 Å². The molecule has 0 heterocycles. The lowest BCUT2D eigenvalue weighted by Gasteiger charge is -1.94. The van der Waals surface area contributed by atoms with Gasteiger partial charge in [0.15, 0.2) is 0 Å². The first-order chi connectivity index (χ1) is 4.85. The minimum Gasteiger partial charge on any atom is -0.262 e. The van der Waals surface area contributed by atoms with Gasteiger partial charge in [-0.25, -0.2) is 0 Å². The highest BCUT2D eigenvalue weighted by Crippen LogP contribution is 2.04. The fourth-order valence-electron chi connectivity index (χ4n) is 0.688. The van der Waals surface area contributed by atoms with Gasteiger partial charge in [0.2, 0.25) is 0 Å². The third-order valence-corrected chi connectivity index (χ3v) is 1.19. The second kappa shape index (κ2) is 6.27. The molecule has 10 heavy (non-hydrogen) atoms. The molecular formula is C9H15N. The van der Waals surface area contributed by atoms with Crippen LogP contribution in [-0.4, -0.2) is 6.21 Å². The fourth-order valence-corrected chi connectivity index (χ4v) is 0.688. The van der Waals surface area contributed by atoms with Gasteiger partial charge in [-0.15, -0.1) is 0 Å². The van der Waals surface area contributed by atoms with Crippen LogP contribution in [0.1, 0.15) is 26.7 Å². The maximum absolute atomic E-state index is 4.17. The molecule has 0 aliphatic carbocycles. The van der Waals surface area contributed by atoms with Crippen molar-refractivity contribution in [1.82, 2.24) is 0 Å². The predicted molar refractivity (Wildman–Crippen MR) is 47.4 cm³/mol. The van der Waals surface area contributed by atoms with E-state index in [0.29, 0.717) is 0 Å². The summed E-state index contributed by atoms with van der Waals surface area (Å²) >= 11 is 0. The molecule has 0 saturated carbocycles. The van der Waals surface area contributed by atoms with Crippen LogP contribution in [0, 0.1) is 0 Å². The molecule has 0 aromatic heterocycles. The summed E-state index contributed by atoms with van der Waals surface area (Å²) in [6, 6.07) is 0. The molecule has 0 aromatic rings. The molecule has 0 fully saturated rings. The monoisotopic (exact) mass is 137 g/mol. The Hall–Kier alpha value is -0.850. The first-order valence-corrected chi connectivity index (χ1v) is 3.65. The molecular weight excluding hydrogens is 122 g/mol. The van der Waals surface area contributed by atoms with Crippen molar-refractivity contribution in [1.29, 1.82) is 0 Å². The molecule has 0 aliphatic heterocycles. The summed E-state index contributed by atoms with van der Waals surface area (Å²) < 4.78 is 0. The van der Waals surface area contributed by atoms with Gasteiger partial charge in [-0.2, -0.15) is 0 Å². The minimum absolute atomic E-state index is 1.06. The summed E-state index contributed by atoms with van der Waals surface area (Å²) in [5, 5.41) is 0. The highest BCUT2D eigenvalue weighted by molar-refractivity contribution is 5.71. The van der Waals surface area contributed by atoms with E-state index in [9.17, 15) is 0 Å². The van der Waals surface area contributed by atoms with E-state index in [1.807, 2.05) is 13.0 Å². The highest BCUT2D eigenvalue weighted by Gasteiger charge is 1.86. The number of rotatable bonds is 4. The van der Waals surface area contributed by atoms with Gasteiger partial charge in [-0.3, -0.25) is 4.99 Å². The van der Waals surface area contributed by atoms with Gasteiger partial charge in [0.1, 0.15) is 0 Å². The normalized spacial score (nSPS) is 12.4. The van der Waals surface area contributed by atoms with Gasteiger partial charge in [-0.05, 0) is 13.3 Å². The molecule has 1 heteroatoms. The van der Waals surface area contributed by atoms with E-state index in [0.717, 1.165) is 18.5 Å². The Bertz CT molecular complexity index is 143. The van der Waals surface area contributed by atoms with Crippen LogP contribution in [0.3, 0.4) is 0 Å². The molecule has 0 rings (SSSR count). The molecule has 0 N–H and O–H groups in total. The van der Waals surface area contributed by atoms with Crippen LogP contribution >= 0.6 is 0 Å². The molecule has 0 saturated heterocycles. The first kappa shape index (κ1) is 9.15. The quantitative estimate of drug-likeness (QED) is 0.528. The van der Waals surface area contributed by atoms with Gasteiger partial charge in [-0.1, -0.05) is 32.1 Å². The molecule has 0 amide bonds. The number of hydrogen-bond acceptors (Lipinski definition) is 1. The van der Waals surface area contributed by atoms with Gasteiger partial charge in [0.25, 0.3) is 0 Å². The third kappa shape index (κ3) is 4.07. The SMILES string of the molecule is C=CC=N/C(=C\C)CCC. The Balaban J connectivity index is 3.84. The summed E-state index contributed by atoms with van der Waals surface area (Å²) in [4.78, 5) is 4.17. The summed E-state index contributed by atoms with van der Waals surface area (Å²) in [7, 11) is 0. The van der Waals surface area contributed by atoms with Crippen molar-refractivity contribution in [2.24, 2.45) is 4.99 Å². The van der Waals surface area contributed by atoms with Crippen molar-refractivity contribution in [3.05, 3.63) is 24.4 Å². The van der Waals surface area contributed by atoms with Crippen LogP contribution in [0.15, 0.2) is 29.4 Å². The van der Waals surface area contributed by atoms with Gasteiger partial charge in [0, 0.05) is 11.9 Å². The summed E-state index contributed by atoms with van der Waals surface area (Å²) in [5.41, 5.74) is 1.14. The standard InChI is InChI=1S/C9H15N/c1-4-7-9(6-3)10-8-5-2/h5-6,8H,2,4,7H2,1,3H3/b9-6-,10-8?. The lowest BCUT2D eigenvalue weighted by atomic mass is 10.2. The van der Waals surface area contributed by atoms with Crippen LogP contribution in [0.5, 0.6) is 0 Å².